The Morgan fingerprint density at radius 2 is 1.73 bits per heavy atom. The summed E-state index contributed by atoms with van der Waals surface area (Å²) in [6.07, 6.45) is -9.17. The van der Waals surface area contributed by atoms with Crippen LogP contribution in [0.3, 0.4) is 0 Å². The fourth-order valence-electron chi connectivity index (χ4n) is 2.15. The lowest BCUT2D eigenvalue weighted by Crippen LogP contribution is -2.39. The molecule has 0 aromatic carbocycles. The Balaban J connectivity index is 2.09. The topological polar surface area (TPSA) is 304 Å². The molecule has 1 amide bonds. The lowest BCUT2D eigenvalue weighted by molar-refractivity contribution is -0.162. The third-order valence-corrected chi connectivity index (χ3v) is 7.01. The Labute approximate surface area is 165 Å². The van der Waals surface area contributed by atoms with Gasteiger partial charge in [-0.2, -0.15) is 8.62 Å². The second-order valence-corrected chi connectivity index (χ2v) is 9.84. The van der Waals surface area contributed by atoms with E-state index in [0.717, 1.165) is 11.0 Å². The second-order valence-electron chi connectivity index (χ2n) is 5.47. The highest BCUT2D eigenvalue weighted by Crippen LogP contribution is 2.66. The molecule has 3 unspecified atom stereocenters. The Kier molecular flexibility index (Phi) is 7.35. The highest BCUT2D eigenvalue weighted by Gasteiger charge is 2.50. The first kappa shape index (κ1) is 25.1. The minimum absolute atomic E-state index is 0.488. The minimum atomic E-state index is -5.85. The van der Waals surface area contributed by atoms with Gasteiger partial charge in [0.1, 0.15) is 24.6 Å². The summed E-state index contributed by atoms with van der Waals surface area (Å²) >= 11 is 0. The van der Waals surface area contributed by atoms with Gasteiger partial charge in [0, 0.05) is 0 Å². The third-order valence-electron chi connectivity index (χ3n) is 3.20. The molecule has 1 aliphatic rings. The molecule has 172 valence electrons. The lowest BCUT2D eigenvalue weighted by atomic mass is 10.1. The van der Waals surface area contributed by atoms with Crippen molar-refractivity contribution < 1.29 is 71.3 Å². The molecule has 0 saturated carbocycles. The summed E-state index contributed by atoms with van der Waals surface area (Å²) < 4.78 is 50.3. The van der Waals surface area contributed by atoms with Crippen LogP contribution >= 0.6 is 23.5 Å². The number of aliphatic hydroxyl groups is 3. The lowest BCUT2D eigenvalue weighted by Gasteiger charge is -2.23. The van der Waals surface area contributed by atoms with E-state index in [4.69, 9.17) is 25.2 Å². The van der Waals surface area contributed by atoms with E-state index < -0.39 is 66.0 Å². The zero-order valence-electron chi connectivity index (χ0n) is 14.1. The van der Waals surface area contributed by atoms with Gasteiger partial charge >= 0.3 is 23.5 Å². The Morgan fingerprint density at radius 3 is 2.23 bits per heavy atom. The van der Waals surface area contributed by atoms with Crippen LogP contribution in [-0.4, -0.2) is 80.2 Å². The first-order chi connectivity index (χ1) is 13.5. The standard InChI is InChI=1S/C8H15N4O15P3/c9-5(15)6-10-1-12(11-6)7-3(14)2(13)4(24-7)8(16)25-29(20,21)27-30(22,23)26-28(17,18)19/h1-4,7-8,13-14,16H,(H2,9,15)(H,20,21)(H,22,23)(H2,17,18,19)/t2-,3+,4-,7+,8?/m0/s1. The monoisotopic (exact) mass is 500 g/mol. The summed E-state index contributed by atoms with van der Waals surface area (Å²) in [5, 5.41) is 33.3. The quantitative estimate of drug-likeness (QED) is 0.121. The zero-order valence-corrected chi connectivity index (χ0v) is 16.8. The molecule has 7 atom stereocenters. The Hall–Kier alpha value is -1.14. The van der Waals surface area contributed by atoms with Crippen molar-refractivity contribution in [2.45, 2.75) is 30.8 Å². The normalized spacial score (nSPS) is 29.8. The SMILES string of the molecule is NC(=O)c1ncn([C@@H]2O[C@H](C(O)OP(=O)(O)OP(=O)(O)OP(=O)(O)O)[C@@H](O)[C@H]2O)n1. The molecule has 9 N–H and O–H groups in total. The molecule has 1 aromatic heterocycles. The van der Waals surface area contributed by atoms with Crippen molar-refractivity contribution in [2.75, 3.05) is 0 Å². The number of hydrogen-bond donors (Lipinski definition) is 8. The predicted octanol–water partition coefficient (Wildman–Crippen LogP) is -3.34. The molecule has 1 aromatic rings. The van der Waals surface area contributed by atoms with Crippen LogP contribution in [0.5, 0.6) is 0 Å². The number of carbonyl (C=O) groups excluding carboxylic acids is 1. The molecule has 0 radical (unpaired) electrons. The Bertz CT molecular complexity index is 931. The maximum atomic E-state index is 11.7. The van der Waals surface area contributed by atoms with Crippen molar-refractivity contribution in [3.8, 4) is 0 Å². The van der Waals surface area contributed by atoms with E-state index in [1.165, 1.54) is 0 Å². The van der Waals surface area contributed by atoms with Gasteiger partial charge in [-0.05, 0) is 0 Å². The van der Waals surface area contributed by atoms with Crippen LogP contribution in [0.4, 0.5) is 0 Å². The van der Waals surface area contributed by atoms with Crippen LogP contribution in [-0.2, 0) is 31.6 Å². The molecular weight excluding hydrogens is 485 g/mol. The number of amides is 1. The number of rotatable bonds is 9. The molecular formula is C8H15N4O15P3. The number of phosphoric acid groups is 3. The number of ether oxygens (including phenoxy) is 1. The van der Waals surface area contributed by atoms with Crippen molar-refractivity contribution >= 4 is 29.4 Å². The van der Waals surface area contributed by atoms with Gasteiger partial charge in [-0.1, -0.05) is 0 Å². The average Bonchev–Trinajstić information content (AvgIpc) is 3.09. The van der Waals surface area contributed by atoms with E-state index in [1.54, 1.807) is 0 Å². The van der Waals surface area contributed by atoms with Crippen molar-refractivity contribution in [3.05, 3.63) is 12.2 Å². The van der Waals surface area contributed by atoms with Gasteiger partial charge in [-0.25, -0.2) is 23.4 Å². The van der Waals surface area contributed by atoms with Gasteiger partial charge in [0.15, 0.2) is 12.5 Å². The average molecular weight is 500 g/mol. The number of aliphatic hydroxyl groups excluding tert-OH is 3. The summed E-state index contributed by atoms with van der Waals surface area (Å²) in [6, 6.07) is 0. The summed E-state index contributed by atoms with van der Waals surface area (Å²) in [6.45, 7) is 0. The van der Waals surface area contributed by atoms with Gasteiger partial charge in [0.2, 0.25) is 5.82 Å². The third kappa shape index (κ3) is 6.43. The molecule has 1 saturated heterocycles. The molecule has 1 aliphatic heterocycles. The first-order valence-electron chi connectivity index (χ1n) is 7.24. The maximum absolute atomic E-state index is 11.7. The largest absolute Gasteiger partial charge is 0.490 e. The van der Waals surface area contributed by atoms with E-state index in [2.05, 4.69) is 23.2 Å². The van der Waals surface area contributed by atoms with E-state index >= 15 is 0 Å². The van der Waals surface area contributed by atoms with Crippen LogP contribution in [0, 0.1) is 0 Å². The highest BCUT2D eigenvalue weighted by atomic mass is 31.3. The van der Waals surface area contributed by atoms with Crippen LogP contribution in [0.2, 0.25) is 0 Å². The van der Waals surface area contributed by atoms with Gasteiger partial charge in [0.25, 0.3) is 5.91 Å². The molecule has 0 spiro atoms. The van der Waals surface area contributed by atoms with Crippen LogP contribution in [0.1, 0.15) is 16.8 Å². The smallest absolute Gasteiger partial charge is 0.387 e. The fourth-order valence-corrected chi connectivity index (χ4v) is 5.20. The van der Waals surface area contributed by atoms with Gasteiger partial charge in [-0.3, -0.25) is 9.32 Å². The molecule has 30 heavy (non-hydrogen) atoms. The van der Waals surface area contributed by atoms with Gasteiger partial charge < -0.3 is 45.4 Å². The number of phosphoric ester groups is 1. The minimum Gasteiger partial charge on any atom is -0.387 e. The molecule has 22 heteroatoms. The molecule has 0 aliphatic carbocycles. The number of carbonyl (C=O) groups is 1. The van der Waals surface area contributed by atoms with E-state index in [0.29, 0.717) is 0 Å². The van der Waals surface area contributed by atoms with E-state index in [9.17, 15) is 38.7 Å². The van der Waals surface area contributed by atoms with Crippen molar-refractivity contribution in [3.63, 3.8) is 0 Å². The molecule has 2 rings (SSSR count). The summed E-state index contributed by atoms with van der Waals surface area (Å²) in [5.41, 5.74) is 4.96. The first-order valence-corrected chi connectivity index (χ1v) is 11.8. The Morgan fingerprint density at radius 1 is 1.13 bits per heavy atom. The van der Waals surface area contributed by atoms with E-state index in [1.807, 2.05) is 0 Å². The molecule has 19 nitrogen and oxygen atoms in total. The van der Waals surface area contributed by atoms with Crippen molar-refractivity contribution in [2.24, 2.45) is 5.73 Å². The van der Waals surface area contributed by atoms with Crippen LogP contribution in [0.15, 0.2) is 6.33 Å². The van der Waals surface area contributed by atoms with Crippen LogP contribution < -0.4 is 5.73 Å². The molecule has 2 heterocycles. The number of nitrogens with zero attached hydrogens (tertiary/aromatic N) is 3. The van der Waals surface area contributed by atoms with Gasteiger partial charge in [0.05, 0.1) is 0 Å². The van der Waals surface area contributed by atoms with Gasteiger partial charge in [-0.15, -0.1) is 5.10 Å². The van der Waals surface area contributed by atoms with E-state index in [-0.39, 0.29) is 0 Å². The van der Waals surface area contributed by atoms with Crippen molar-refractivity contribution in [1.82, 2.24) is 14.8 Å². The second kappa shape index (κ2) is 8.78. The fraction of sp³-hybridized carbons (Fsp3) is 0.625. The predicted molar refractivity (Wildman–Crippen MR) is 85.4 cm³/mol. The molecule has 0 bridgehead atoms. The maximum Gasteiger partial charge on any atom is 0.490 e. The zero-order chi connectivity index (χ0) is 23.1. The molecule has 1 fully saturated rings. The number of aromatic nitrogens is 3. The van der Waals surface area contributed by atoms with Crippen molar-refractivity contribution in [1.29, 1.82) is 0 Å². The number of primary amides is 1. The highest BCUT2D eigenvalue weighted by molar-refractivity contribution is 7.66. The summed E-state index contributed by atoms with van der Waals surface area (Å²) in [5.74, 6) is -1.52. The number of nitrogens with two attached hydrogens (primary N) is 1. The summed E-state index contributed by atoms with van der Waals surface area (Å²) in [4.78, 5) is 49.8. The number of hydrogen-bond acceptors (Lipinski definition) is 13. The van der Waals surface area contributed by atoms with Crippen LogP contribution in [0.25, 0.3) is 0 Å². The summed E-state index contributed by atoms with van der Waals surface area (Å²) in [7, 11) is -17.2.